The third-order valence-electron chi connectivity index (χ3n) is 4.84. The van der Waals surface area contributed by atoms with Crippen LogP contribution in [0.2, 0.25) is 5.02 Å². The van der Waals surface area contributed by atoms with E-state index in [-0.39, 0.29) is 10.7 Å². The summed E-state index contributed by atoms with van der Waals surface area (Å²) in [7, 11) is 0. The fourth-order valence-electron chi connectivity index (χ4n) is 3.34. The van der Waals surface area contributed by atoms with Gasteiger partial charge in [-0.05, 0) is 77.8 Å². The minimum Gasteiger partial charge on any atom is -0.298 e. The summed E-state index contributed by atoms with van der Waals surface area (Å²) in [5.41, 5.74) is 4.55. The summed E-state index contributed by atoms with van der Waals surface area (Å²) in [5.74, 6) is -0.996. The number of nitrogens with one attached hydrogen (secondary N) is 1. The Kier molecular flexibility index (Phi) is 5.48. The molecule has 1 aliphatic heterocycles. The van der Waals surface area contributed by atoms with Crippen LogP contribution in [-0.4, -0.2) is 16.9 Å². The van der Waals surface area contributed by atoms with Crippen LogP contribution in [0.5, 0.6) is 0 Å². The highest BCUT2D eigenvalue weighted by Crippen LogP contribution is 2.27. The lowest BCUT2D eigenvalue weighted by Gasteiger charge is -2.29. The first-order valence-electron chi connectivity index (χ1n) is 9.27. The molecule has 6 heteroatoms. The van der Waals surface area contributed by atoms with Gasteiger partial charge in [-0.2, -0.15) is 0 Å². The van der Waals surface area contributed by atoms with Gasteiger partial charge in [-0.25, -0.2) is 0 Å². The maximum Gasteiger partial charge on any atom is 0.270 e. The van der Waals surface area contributed by atoms with Crippen molar-refractivity contribution in [2.45, 2.75) is 6.92 Å². The number of rotatable bonds is 3. The quantitative estimate of drug-likeness (QED) is 0.354. The first kappa shape index (κ1) is 20.0. The molecule has 4 rings (SSSR count). The standard InChI is InChI=1S/C24H17ClN2O2S/c1-15-5-2-3-8-20(15)17-7-4-6-16(13-17)14-21-22(28)26-24(30)27(23(21)29)19-11-9-18(25)10-12-19/h2-14H,1H3,(H,26,28,30). The van der Waals surface area contributed by atoms with Crippen molar-refractivity contribution in [2.24, 2.45) is 0 Å². The van der Waals surface area contributed by atoms with Crippen LogP contribution >= 0.6 is 23.8 Å². The lowest BCUT2D eigenvalue weighted by atomic mass is 9.98. The molecule has 0 saturated carbocycles. The molecular weight excluding hydrogens is 416 g/mol. The molecule has 3 aromatic rings. The highest BCUT2D eigenvalue weighted by molar-refractivity contribution is 7.80. The summed E-state index contributed by atoms with van der Waals surface area (Å²) in [6.45, 7) is 2.05. The summed E-state index contributed by atoms with van der Waals surface area (Å²) >= 11 is 11.2. The number of benzene rings is 3. The van der Waals surface area contributed by atoms with Crippen LogP contribution in [0.3, 0.4) is 0 Å². The molecule has 30 heavy (non-hydrogen) atoms. The van der Waals surface area contributed by atoms with Crippen LogP contribution in [0.15, 0.2) is 78.4 Å². The minimum atomic E-state index is -0.517. The Morgan fingerprint density at radius 3 is 2.43 bits per heavy atom. The second-order valence-electron chi connectivity index (χ2n) is 6.87. The van der Waals surface area contributed by atoms with Crippen molar-refractivity contribution in [3.63, 3.8) is 0 Å². The van der Waals surface area contributed by atoms with Gasteiger partial charge >= 0.3 is 0 Å². The van der Waals surface area contributed by atoms with Gasteiger partial charge in [0.1, 0.15) is 5.57 Å². The summed E-state index contributed by atoms with van der Waals surface area (Å²) in [5, 5.41) is 3.18. The zero-order chi connectivity index (χ0) is 21.3. The Hall–Kier alpha value is -3.28. The summed E-state index contributed by atoms with van der Waals surface area (Å²) in [6, 6.07) is 22.5. The fourth-order valence-corrected chi connectivity index (χ4v) is 3.75. The van der Waals surface area contributed by atoms with E-state index in [9.17, 15) is 9.59 Å². The highest BCUT2D eigenvalue weighted by Gasteiger charge is 2.34. The molecule has 3 aromatic carbocycles. The molecule has 1 aliphatic rings. The largest absolute Gasteiger partial charge is 0.298 e. The smallest absolute Gasteiger partial charge is 0.270 e. The normalized spacial score (nSPS) is 15.5. The number of nitrogens with zero attached hydrogens (tertiary/aromatic N) is 1. The van der Waals surface area contributed by atoms with Gasteiger partial charge in [-0.1, -0.05) is 54.1 Å². The number of carbonyl (C=O) groups excluding carboxylic acids is 2. The Bertz CT molecular complexity index is 1200. The maximum atomic E-state index is 13.1. The molecule has 0 radical (unpaired) electrons. The molecular formula is C24H17ClN2O2S. The first-order valence-corrected chi connectivity index (χ1v) is 10.1. The molecule has 0 bridgehead atoms. The molecule has 1 N–H and O–H groups in total. The number of amides is 2. The molecule has 1 heterocycles. The van der Waals surface area contributed by atoms with E-state index < -0.39 is 11.8 Å². The first-order chi connectivity index (χ1) is 14.4. The topological polar surface area (TPSA) is 49.4 Å². The number of anilines is 1. The molecule has 0 spiro atoms. The third kappa shape index (κ3) is 3.90. The van der Waals surface area contributed by atoms with Crippen LogP contribution in [0.4, 0.5) is 5.69 Å². The van der Waals surface area contributed by atoms with Crippen molar-refractivity contribution in [1.29, 1.82) is 0 Å². The van der Waals surface area contributed by atoms with Crippen LogP contribution in [0.25, 0.3) is 17.2 Å². The molecule has 4 nitrogen and oxygen atoms in total. The predicted octanol–water partition coefficient (Wildman–Crippen LogP) is 5.15. The molecule has 0 aromatic heterocycles. The predicted molar refractivity (Wildman–Crippen MR) is 124 cm³/mol. The second kappa shape index (κ2) is 8.22. The van der Waals surface area contributed by atoms with Crippen LogP contribution in [-0.2, 0) is 9.59 Å². The second-order valence-corrected chi connectivity index (χ2v) is 7.70. The zero-order valence-electron chi connectivity index (χ0n) is 16.1. The molecule has 2 amide bonds. The van der Waals surface area contributed by atoms with Crippen molar-refractivity contribution >= 4 is 52.5 Å². The van der Waals surface area contributed by atoms with Crippen molar-refractivity contribution in [3.05, 3.63) is 94.5 Å². The van der Waals surface area contributed by atoms with Gasteiger partial charge in [0.25, 0.3) is 11.8 Å². The summed E-state index contributed by atoms with van der Waals surface area (Å²) < 4.78 is 0. The van der Waals surface area contributed by atoms with E-state index in [0.717, 1.165) is 22.3 Å². The van der Waals surface area contributed by atoms with Gasteiger partial charge in [-0.3, -0.25) is 19.8 Å². The summed E-state index contributed by atoms with van der Waals surface area (Å²) in [6.07, 6.45) is 1.59. The molecule has 0 aliphatic carbocycles. The fraction of sp³-hybridized carbons (Fsp3) is 0.0417. The van der Waals surface area contributed by atoms with Gasteiger partial charge < -0.3 is 0 Å². The molecule has 148 valence electrons. The molecule has 1 fully saturated rings. The van der Waals surface area contributed by atoms with Crippen molar-refractivity contribution < 1.29 is 9.59 Å². The van der Waals surface area contributed by atoms with Gasteiger partial charge in [0.15, 0.2) is 5.11 Å². The number of hydrogen-bond donors (Lipinski definition) is 1. The third-order valence-corrected chi connectivity index (χ3v) is 5.38. The van der Waals surface area contributed by atoms with Gasteiger partial charge in [0.2, 0.25) is 0 Å². The van der Waals surface area contributed by atoms with Crippen molar-refractivity contribution in [2.75, 3.05) is 4.90 Å². The van der Waals surface area contributed by atoms with Gasteiger partial charge in [0.05, 0.1) is 5.69 Å². The average Bonchev–Trinajstić information content (AvgIpc) is 2.73. The number of aryl methyl sites for hydroxylation is 1. The summed E-state index contributed by atoms with van der Waals surface area (Å²) in [4.78, 5) is 26.9. The van der Waals surface area contributed by atoms with Crippen molar-refractivity contribution in [3.8, 4) is 11.1 Å². The number of carbonyl (C=O) groups is 2. The van der Waals surface area contributed by atoms with E-state index in [0.29, 0.717) is 10.7 Å². The van der Waals surface area contributed by atoms with E-state index in [2.05, 4.69) is 5.32 Å². The van der Waals surface area contributed by atoms with Gasteiger partial charge in [0, 0.05) is 5.02 Å². The number of thiocarbonyl (C=S) groups is 1. The van der Waals surface area contributed by atoms with E-state index in [1.807, 2.05) is 55.5 Å². The Labute approximate surface area is 184 Å². The van der Waals surface area contributed by atoms with Crippen LogP contribution in [0, 0.1) is 6.92 Å². The average molecular weight is 433 g/mol. The van der Waals surface area contributed by atoms with E-state index in [1.165, 1.54) is 4.90 Å². The SMILES string of the molecule is Cc1ccccc1-c1cccc(C=C2C(=O)NC(=S)N(c3ccc(Cl)cc3)C2=O)c1. The van der Waals surface area contributed by atoms with Crippen LogP contribution in [0.1, 0.15) is 11.1 Å². The van der Waals surface area contributed by atoms with E-state index in [1.54, 1.807) is 30.3 Å². The van der Waals surface area contributed by atoms with E-state index >= 15 is 0 Å². The Balaban J connectivity index is 1.72. The minimum absolute atomic E-state index is 0.0143. The Morgan fingerprint density at radius 2 is 1.70 bits per heavy atom. The van der Waals surface area contributed by atoms with E-state index in [4.69, 9.17) is 23.8 Å². The monoisotopic (exact) mass is 432 g/mol. The number of hydrogen-bond acceptors (Lipinski definition) is 3. The Morgan fingerprint density at radius 1 is 0.967 bits per heavy atom. The van der Waals surface area contributed by atoms with Crippen molar-refractivity contribution in [1.82, 2.24) is 5.32 Å². The van der Waals surface area contributed by atoms with Gasteiger partial charge in [-0.15, -0.1) is 0 Å². The lowest BCUT2D eigenvalue weighted by molar-refractivity contribution is -0.122. The molecule has 0 unspecified atom stereocenters. The molecule has 1 saturated heterocycles. The highest BCUT2D eigenvalue weighted by atomic mass is 35.5. The molecule has 0 atom stereocenters. The van der Waals surface area contributed by atoms with Crippen LogP contribution < -0.4 is 10.2 Å². The zero-order valence-corrected chi connectivity index (χ0v) is 17.6. The lowest BCUT2D eigenvalue weighted by Crippen LogP contribution is -2.54. The number of halogens is 1. The maximum absolute atomic E-state index is 13.1.